The smallest absolute Gasteiger partial charge is 0.220 e. The van der Waals surface area contributed by atoms with Crippen LogP contribution in [0.1, 0.15) is 59.8 Å². The molecule has 0 aromatic heterocycles. The lowest BCUT2D eigenvalue weighted by atomic mass is 9.86. The minimum atomic E-state index is -3.28. The number of likely N-dealkylation sites (tertiary alicyclic amines) is 1. The highest BCUT2D eigenvalue weighted by molar-refractivity contribution is 7.89. The van der Waals surface area contributed by atoms with Gasteiger partial charge in [0.2, 0.25) is 10.0 Å². The fourth-order valence-corrected chi connectivity index (χ4v) is 8.13. The molecule has 3 atom stereocenters. The number of sulfonamides is 1. The van der Waals surface area contributed by atoms with E-state index in [1.807, 2.05) is 0 Å². The van der Waals surface area contributed by atoms with E-state index in [1.54, 1.807) is 10.4 Å². The van der Waals surface area contributed by atoms with Gasteiger partial charge in [-0.25, -0.2) is 12.7 Å². The Morgan fingerprint density at radius 2 is 1.82 bits per heavy atom. The minimum absolute atomic E-state index is 0.298. The molecule has 4 nitrogen and oxygen atoms in total. The van der Waals surface area contributed by atoms with E-state index in [-0.39, 0.29) is 0 Å². The zero-order valence-corrected chi connectivity index (χ0v) is 20.8. The standard InChI is InChI=1S/C29H36N2O2S/c1-2-26(15-22-9-10-22)34(32,33)31-19-25(20-31)23-11-12-24-18-29(30-13-6-14-30)28(27(24)17-23)16-21-7-4-3-5-8-21/h2-5,7-8,11-12,17,22,25-26,28-29H,1,6,9-10,13-16,18-20H2. The van der Waals surface area contributed by atoms with Crippen molar-refractivity contribution < 1.29 is 8.42 Å². The third kappa shape index (κ3) is 4.16. The van der Waals surface area contributed by atoms with Gasteiger partial charge in [0.15, 0.2) is 0 Å². The Morgan fingerprint density at radius 1 is 1.06 bits per heavy atom. The average Bonchev–Trinajstić information content (AvgIpc) is 3.53. The van der Waals surface area contributed by atoms with Crippen LogP contribution in [0.2, 0.25) is 0 Å². The molecule has 34 heavy (non-hydrogen) atoms. The van der Waals surface area contributed by atoms with Crippen molar-refractivity contribution in [2.75, 3.05) is 26.2 Å². The van der Waals surface area contributed by atoms with E-state index < -0.39 is 15.3 Å². The summed E-state index contributed by atoms with van der Waals surface area (Å²) in [6, 6.07) is 18.5. The van der Waals surface area contributed by atoms with Gasteiger partial charge in [-0.3, -0.25) is 4.90 Å². The van der Waals surface area contributed by atoms with Gasteiger partial charge >= 0.3 is 0 Å². The van der Waals surface area contributed by atoms with E-state index in [2.05, 4.69) is 60.0 Å². The molecule has 0 spiro atoms. The summed E-state index contributed by atoms with van der Waals surface area (Å²) < 4.78 is 28.0. The Balaban J connectivity index is 1.19. The maximum Gasteiger partial charge on any atom is 0.220 e. The molecule has 2 aromatic rings. The maximum atomic E-state index is 13.1. The molecule has 0 amide bonds. The van der Waals surface area contributed by atoms with Crippen molar-refractivity contribution in [3.8, 4) is 0 Å². The predicted molar refractivity (Wildman–Crippen MR) is 138 cm³/mol. The normalized spacial score (nSPS) is 26.5. The second-order valence-electron chi connectivity index (χ2n) is 10.9. The van der Waals surface area contributed by atoms with Crippen LogP contribution in [0, 0.1) is 5.92 Å². The molecule has 2 heterocycles. The van der Waals surface area contributed by atoms with E-state index in [0.717, 1.165) is 19.3 Å². The largest absolute Gasteiger partial charge is 0.299 e. The zero-order valence-electron chi connectivity index (χ0n) is 20.0. The van der Waals surface area contributed by atoms with Crippen LogP contribution in [0.15, 0.2) is 61.2 Å². The Hall–Kier alpha value is -1.95. The molecule has 4 aliphatic rings. The van der Waals surface area contributed by atoms with Gasteiger partial charge in [0.05, 0.1) is 5.25 Å². The van der Waals surface area contributed by atoms with E-state index in [4.69, 9.17) is 0 Å². The van der Waals surface area contributed by atoms with Crippen LogP contribution in [0.25, 0.3) is 0 Å². The third-order valence-electron chi connectivity index (χ3n) is 8.71. The van der Waals surface area contributed by atoms with Crippen LogP contribution in [-0.2, 0) is 22.9 Å². The molecule has 180 valence electrons. The highest BCUT2D eigenvalue weighted by Gasteiger charge is 2.43. The molecular weight excluding hydrogens is 440 g/mol. The third-order valence-corrected chi connectivity index (χ3v) is 10.9. The van der Waals surface area contributed by atoms with Crippen molar-refractivity contribution in [3.05, 3.63) is 83.4 Å². The summed E-state index contributed by atoms with van der Waals surface area (Å²) in [5.74, 6) is 1.39. The Labute approximate surface area is 204 Å². The van der Waals surface area contributed by atoms with Crippen LogP contribution < -0.4 is 0 Å². The molecule has 6 rings (SSSR count). The summed E-state index contributed by atoms with van der Waals surface area (Å²) in [5.41, 5.74) is 5.70. The Kier molecular flexibility index (Phi) is 5.91. The van der Waals surface area contributed by atoms with E-state index in [1.165, 1.54) is 54.6 Å². The maximum absolute atomic E-state index is 13.1. The van der Waals surface area contributed by atoms with Gasteiger partial charge in [-0.2, -0.15) is 0 Å². The number of benzene rings is 2. The number of rotatable bonds is 9. The van der Waals surface area contributed by atoms with E-state index in [0.29, 0.717) is 36.9 Å². The van der Waals surface area contributed by atoms with Crippen LogP contribution in [-0.4, -0.2) is 55.1 Å². The summed E-state index contributed by atoms with van der Waals surface area (Å²) in [6.07, 6.45) is 8.26. The monoisotopic (exact) mass is 476 g/mol. The molecular formula is C29H36N2O2S. The first-order valence-corrected chi connectivity index (χ1v) is 14.6. The van der Waals surface area contributed by atoms with Gasteiger partial charge in [-0.05, 0) is 66.9 Å². The van der Waals surface area contributed by atoms with Crippen molar-refractivity contribution in [1.82, 2.24) is 9.21 Å². The lowest BCUT2D eigenvalue weighted by Crippen LogP contribution is -2.51. The lowest BCUT2D eigenvalue weighted by molar-refractivity contribution is 0.106. The zero-order chi connectivity index (χ0) is 23.3. The molecule has 2 saturated heterocycles. The average molecular weight is 477 g/mol. The molecule has 5 heteroatoms. The summed E-state index contributed by atoms with van der Waals surface area (Å²) >= 11 is 0. The van der Waals surface area contributed by atoms with E-state index in [9.17, 15) is 8.42 Å². The van der Waals surface area contributed by atoms with Gasteiger partial charge in [0.1, 0.15) is 0 Å². The van der Waals surface area contributed by atoms with Crippen LogP contribution in [0.4, 0.5) is 0 Å². The molecule has 2 aliphatic carbocycles. The lowest BCUT2D eigenvalue weighted by Gasteiger charge is -2.40. The van der Waals surface area contributed by atoms with Gasteiger partial charge < -0.3 is 0 Å². The predicted octanol–water partition coefficient (Wildman–Crippen LogP) is 4.73. The van der Waals surface area contributed by atoms with Crippen molar-refractivity contribution >= 4 is 10.0 Å². The minimum Gasteiger partial charge on any atom is -0.299 e. The summed E-state index contributed by atoms with van der Waals surface area (Å²) in [4.78, 5) is 2.67. The highest BCUT2D eigenvalue weighted by Crippen LogP contribution is 2.43. The van der Waals surface area contributed by atoms with Gasteiger partial charge in [0, 0.05) is 31.0 Å². The van der Waals surface area contributed by atoms with Crippen LogP contribution in [0.3, 0.4) is 0 Å². The highest BCUT2D eigenvalue weighted by atomic mass is 32.2. The first kappa shape index (κ1) is 22.5. The van der Waals surface area contributed by atoms with Crippen LogP contribution in [0.5, 0.6) is 0 Å². The van der Waals surface area contributed by atoms with Gasteiger partial charge in [-0.15, -0.1) is 6.58 Å². The fourth-order valence-electron chi connectivity index (χ4n) is 6.21. The van der Waals surface area contributed by atoms with Crippen molar-refractivity contribution in [2.45, 2.75) is 61.7 Å². The number of hydrogen-bond donors (Lipinski definition) is 0. The molecule has 3 fully saturated rings. The van der Waals surface area contributed by atoms with E-state index >= 15 is 0 Å². The molecule has 2 aliphatic heterocycles. The summed E-state index contributed by atoms with van der Waals surface area (Å²) in [5, 5.41) is -0.423. The van der Waals surface area contributed by atoms with Crippen LogP contribution >= 0.6 is 0 Å². The molecule has 0 bridgehead atoms. The second kappa shape index (κ2) is 8.92. The topological polar surface area (TPSA) is 40.6 Å². The molecule has 0 N–H and O–H groups in total. The summed E-state index contributed by atoms with van der Waals surface area (Å²) in [6.45, 7) is 7.48. The Morgan fingerprint density at radius 3 is 2.47 bits per heavy atom. The van der Waals surface area contributed by atoms with Gasteiger partial charge in [-0.1, -0.05) is 67.4 Å². The Bertz CT molecular complexity index is 1150. The quantitative estimate of drug-likeness (QED) is 0.492. The molecule has 1 saturated carbocycles. The molecule has 3 unspecified atom stereocenters. The fraction of sp³-hybridized carbons (Fsp3) is 0.517. The SMILES string of the molecule is C=CC(CC1CC1)S(=O)(=O)N1CC(c2ccc3c(c2)C(Cc2ccccc2)C(N2CCC2)C3)C1. The van der Waals surface area contributed by atoms with Gasteiger partial charge in [0.25, 0.3) is 0 Å². The van der Waals surface area contributed by atoms with Crippen molar-refractivity contribution in [3.63, 3.8) is 0 Å². The number of hydrogen-bond acceptors (Lipinski definition) is 3. The number of nitrogens with zero attached hydrogens (tertiary/aromatic N) is 2. The molecule has 0 radical (unpaired) electrons. The van der Waals surface area contributed by atoms with Crippen molar-refractivity contribution in [1.29, 1.82) is 0 Å². The molecule has 2 aromatic carbocycles. The first-order chi connectivity index (χ1) is 16.5. The number of fused-ring (bicyclic) bond motifs is 1. The first-order valence-electron chi connectivity index (χ1n) is 13.0. The van der Waals surface area contributed by atoms with Crippen molar-refractivity contribution in [2.24, 2.45) is 5.92 Å². The second-order valence-corrected chi connectivity index (χ2v) is 13.1. The summed E-state index contributed by atoms with van der Waals surface area (Å²) in [7, 11) is -3.28.